The van der Waals surface area contributed by atoms with Gasteiger partial charge in [0.1, 0.15) is 5.54 Å². The van der Waals surface area contributed by atoms with Gasteiger partial charge in [-0.2, -0.15) is 13.2 Å². The normalized spacial score (nSPS) is 14.7. The number of carbonyl (C=O) groups is 1. The number of rotatable bonds is 5. The Kier molecular flexibility index (Phi) is 5.16. The standard InChI is InChI=1S/C14H18F3NO2/c1-4-13(12(19)20-3,18-9-14(15,16)17)11-7-5-10(2)6-8-11/h5-8,18H,4,9H2,1-3H3. The molecule has 0 heterocycles. The average Bonchev–Trinajstić information content (AvgIpc) is 2.40. The first kappa shape index (κ1) is 16.5. The molecule has 0 bridgehead atoms. The topological polar surface area (TPSA) is 38.3 Å². The molecule has 0 aromatic heterocycles. The van der Waals surface area contributed by atoms with E-state index in [4.69, 9.17) is 0 Å². The number of benzene rings is 1. The SMILES string of the molecule is CCC(NCC(F)(F)F)(C(=O)OC)c1ccc(C)cc1. The van der Waals surface area contributed by atoms with Gasteiger partial charge in [0.2, 0.25) is 0 Å². The number of aryl methyl sites for hydroxylation is 1. The number of nitrogens with one attached hydrogen (secondary N) is 1. The van der Waals surface area contributed by atoms with Crippen LogP contribution in [-0.2, 0) is 15.1 Å². The van der Waals surface area contributed by atoms with Crippen LogP contribution in [0.2, 0.25) is 0 Å². The largest absolute Gasteiger partial charge is 0.467 e. The fourth-order valence-electron chi connectivity index (χ4n) is 2.03. The zero-order chi connectivity index (χ0) is 15.4. The number of hydrogen-bond donors (Lipinski definition) is 1. The molecule has 1 aromatic rings. The van der Waals surface area contributed by atoms with Crippen LogP contribution in [0.3, 0.4) is 0 Å². The maximum absolute atomic E-state index is 12.5. The number of alkyl halides is 3. The maximum atomic E-state index is 12.5. The summed E-state index contributed by atoms with van der Waals surface area (Å²) in [7, 11) is 1.16. The molecule has 1 aromatic carbocycles. The Hall–Kier alpha value is -1.56. The molecule has 0 saturated heterocycles. The van der Waals surface area contributed by atoms with E-state index in [-0.39, 0.29) is 6.42 Å². The Morgan fingerprint density at radius 2 is 1.80 bits per heavy atom. The molecule has 6 heteroatoms. The van der Waals surface area contributed by atoms with E-state index in [0.717, 1.165) is 12.7 Å². The van der Waals surface area contributed by atoms with Crippen molar-refractivity contribution in [1.82, 2.24) is 5.32 Å². The lowest BCUT2D eigenvalue weighted by Gasteiger charge is -2.32. The van der Waals surface area contributed by atoms with Crippen molar-refractivity contribution in [2.75, 3.05) is 13.7 Å². The van der Waals surface area contributed by atoms with Crippen LogP contribution in [0.5, 0.6) is 0 Å². The van der Waals surface area contributed by atoms with Crippen LogP contribution in [0, 0.1) is 6.92 Å². The number of esters is 1. The third-order valence-corrected chi connectivity index (χ3v) is 3.20. The summed E-state index contributed by atoms with van der Waals surface area (Å²) < 4.78 is 42.1. The lowest BCUT2D eigenvalue weighted by Crippen LogP contribution is -2.52. The number of carbonyl (C=O) groups excluding carboxylic acids is 1. The quantitative estimate of drug-likeness (QED) is 0.847. The smallest absolute Gasteiger partial charge is 0.401 e. The molecule has 20 heavy (non-hydrogen) atoms. The molecule has 0 saturated carbocycles. The van der Waals surface area contributed by atoms with Gasteiger partial charge in [0.15, 0.2) is 0 Å². The summed E-state index contributed by atoms with van der Waals surface area (Å²) in [5.41, 5.74) is -0.0704. The van der Waals surface area contributed by atoms with Crippen molar-refractivity contribution in [1.29, 1.82) is 0 Å². The molecular formula is C14H18F3NO2. The van der Waals surface area contributed by atoms with Gasteiger partial charge in [-0.05, 0) is 18.9 Å². The second-order valence-corrected chi connectivity index (χ2v) is 4.59. The lowest BCUT2D eigenvalue weighted by atomic mass is 9.86. The van der Waals surface area contributed by atoms with Crippen molar-refractivity contribution < 1.29 is 22.7 Å². The van der Waals surface area contributed by atoms with Crippen LogP contribution in [0.4, 0.5) is 13.2 Å². The highest BCUT2D eigenvalue weighted by atomic mass is 19.4. The van der Waals surface area contributed by atoms with Crippen LogP contribution in [0.25, 0.3) is 0 Å². The summed E-state index contributed by atoms with van der Waals surface area (Å²) in [4.78, 5) is 12.0. The third-order valence-electron chi connectivity index (χ3n) is 3.20. The van der Waals surface area contributed by atoms with Crippen LogP contribution in [0.1, 0.15) is 24.5 Å². The predicted octanol–water partition coefficient (Wildman–Crippen LogP) is 2.93. The molecule has 0 spiro atoms. The molecule has 112 valence electrons. The fraction of sp³-hybridized carbons (Fsp3) is 0.500. The number of hydrogen-bond acceptors (Lipinski definition) is 3. The van der Waals surface area contributed by atoms with Gasteiger partial charge in [0.05, 0.1) is 13.7 Å². The minimum Gasteiger partial charge on any atom is -0.467 e. The van der Waals surface area contributed by atoms with Crippen molar-refractivity contribution in [3.05, 3.63) is 35.4 Å². The molecular weight excluding hydrogens is 271 g/mol. The first-order valence-corrected chi connectivity index (χ1v) is 6.22. The Bertz CT molecular complexity index is 456. The van der Waals surface area contributed by atoms with E-state index in [2.05, 4.69) is 10.1 Å². The third kappa shape index (κ3) is 3.72. The van der Waals surface area contributed by atoms with Gasteiger partial charge in [-0.1, -0.05) is 36.8 Å². The van der Waals surface area contributed by atoms with Crippen molar-refractivity contribution in [2.45, 2.75) is 32.0 Å². The Balaban J connectivity index is 3.17. The first-order chi connectivity index (χ1) is 9.25. The van der Waals surface area contributed by atoms with Gasteiger partial charge in [0.25, 0.3) is 0 Å². The molecule has 1 N–H and O–H groups in total. The highest BCUT2D eigenvalue weighted by molar-refractivity contribution is 5.82. The van der Waals surface area contributed by atoms with Crippen LogP contribution >= 0.6 is 0 Å². The Morgan fingerprint density at radius 1 is 1.25 bits per heavy atom. The Morgan fingerprint density at radius 3 is 2.20 bits per heavy atom. The minimum atomic E-state index is -4.40. The molecule has 1 rings (SSSR count). The van der Waals surface area contributed by atoms with Gasteiger partial charge < -0.3 is 4.74 Å². The summed E-state index contributed by atoms with van der Waals surface area (Å²) in [6, 6.07) is 6.77. The summed E-state index contributed by atoms with van der Waals surface area (Å²) >= 11 is 0. The number of halogens is 3. The van der Waals surface area contributed by atoms with Gasteiger partial charge >= 0.3 is 12.1 Å². The fourth-order valence-corrected chi connectivity index (χ4v) is 2.03. The van der Waals surface area contributed by atoms with Crippen molar-refractivity contribution in [3.63, 3.8) is 0 Å². The lowest BCUT2D eigenvalue weighted by molar-refractivity contribution is -0.154. The predicted molar refractivity (Wildman–Crippen MR) is 69.2 cm³/mol. The molecule has 0 radical (unpaired) electrons. The zero-order valence-corrected chi connectivity index (χ0v) is 11.7. The Labute approximate surface area is 116 Å². The molecule has 1 atom stereocenters. The highest BCUT2D eigenvalue weighted by Crippen LogP contribution is 2.28. The second kappa shape index (κ2) is 6.26. The molecule has 1 unspecified atom stereocenters. The molecule has 3 nitrogen and oxygen atoms in total. The zero-order valence-electron chi connectivity index (χ0n) is 11.7. The van der Waals surface area contributed by atoms with E-state index >= 15 is 0 Å². The summed E-state index contributed by atoms with van der Waals surface area (Å²) in [5, 5.41) is 2.31. The van der Waals surface area contributed by atoms with Crippen molar-refractivity contribution in [2.24, 2.45) is 0 Å². The maximum Gasteiger partial charge on any atom is 0.401 e. The highest BCUT2D eigenvalue weighted by Gasteiger charge is 2.42. The van der Waals surface area contributed by atoms with E-state index in [1.54, 1.807) is 31.2 Å². The van der Waals surface area contributed by atoms with Gasteiger partial charge in [0, 0.05) is 0 Å². The average molecular weight is 289 g/mol. The number of ether oxygens (including phenoxy) is 1. The van der Waals surface area contributed by atoms with Crippen molar-refractivity contribution in [3.8, 4) is 0 Å². The molecule has 0 aliphatic carbocycles. The molecule has 0 aliphatic rings. The van der Waals surface area contributed by atoms with E-state index in [0.29, 0.717) is 5.56 Å². The van der Waals surface area contributed by atoms with Crippen LogP contribution in [-0.4, -0.2) is 25.8 Å². The van der Waals surface area contributed by atoms with Gasteiger partial charge in [-0.3, -0.25) is 5.32 Å². The van der Waals surface area contributed by atoms with E-state index in [1.165, 1.54) is 0 Å². The minimum absolute atomic E-state index is 0.152. The molecule has 0 amide bonds. The van der Waals surface area contributed by atoms with Crippen LogP contribution < -0.4 is 5.32 Å². The second-order valence-electron chi connectivity index (χ2n) is 4.59. The summed E-state index contributed by atoms with van der Waals surface area (Å²) in [6.07, 6.45) is -4.25. The summed E-state index contributed by atoms with van der Waals surface area (Å²) in [6.45, 7) is 2.24. The molecule has 0 fully saturated rings. The molecule has 0 aliphatic heterocycles. The monoisotopic (exact) mass is 289 g/mol. The van der Waals surface area contributed by atoms with E-state index < -0.39 is 24.2 Å². The van der Waals surface area contributed by atoms with Gasteiger partial charge in [-0.15, -0.1) is 0 Å². The van der Waals surface area contributed by atoms with Gasteiger partial charge in [-0.25, -0.2) is 4.79 Å². The van der Waals surface area contributed by atoms with Crippen LogP contribution in [0.15, 0.2) is 24.3 Å². The summed E-state index contributed by atoms with van der Waals surface area (Å²) in [5.74, 6) is -0.729. The number of methoxy groups -OCH3 is 1. The van der Waals surface area contributed by atoms with E-state index in [9.17, 15) is 18.0 Å². The van der Waals surface area contributed by atoms with Crippen molar-refractivity contribution >= 4 is 5.97 Å². The van der Waals surface area contributed by atoms with E-state index in [1.807, 2.05) is 6.92 Å². The first-order valence-electron chi connectivity index (χ1n) is 6.22.